The number of halogens is 1. The highest BCUT2D eigenvalue weighted by molar-refractivity contribution is 5.42. The van der Waals surface area contributed by atoms with E-state index in [9.17, 15) is 4.39 Å². The number of hydrogen-bond donors (Lipinski definition) is 1. The van der Waals surface area contributed by atoms with Crippen molar-refractivity contribution in [1.82, 2.24) is 15.1 Å². The van der Waals surface area contributed by atoms with Gasteiger partial charge < -0.3 is 5.32 Å². The Morgan fingerprint density at radius 2 is 2.19 bits per heavy atom. The lowest BCUT2D eigenvalue weighted by atomic mass is 10.1. The zero-order chi connectivity index (χ0) is 14.8. The molecule has 1 N–H and O–H groups in total. The van der Waals surface area contributed by atoms with Crippen LogP contribution in [0.2, 0.25) is 0 Å². The van der Waals surface area contributed by atoms with Crippen LogP contribution in [-0.2, 0) is 13.0 Å². The van der Waals surface area contributed by atoms with Gasteiger partial charge in [-0.05, 0) is 49.9 Å². The van der Waals surface area contributed by atoms with Gasteiger partial charge in [0, 0.05) is 23.8 Å². The number of nitrogens with one attached hydrogen (secondary N) is 1. The van der Waals surface area contributed by atoms with Gasteiger partial charge in [0.1, 0.15) is 5.82 Å². The lowest BCUT2D eigenvalue weighted by Crippen LogP contribution is -2.16. The van der Waals surface area contributed by atoms with Crippen molar-refractivity contribution in [2.75, 3.05) is 0 Å². The van der Waals surface area contributed by atoms with E-state index in [4.69, 9.17) is 0 Å². The number of nitrogens with zero attached hydrogens (tertiary/aromatic N) is 2. The summed E-state index contributed by atoms with van der Waals surface area (Å²) in [5, 5.41) is 8.09. The first kappa shape index (κ1) is 14.3. The van der Waals surface area contributed by atoms with Gasteiger partial charge >= 0.3 is 0 Å². The first-order valence-electron chi connectivity index (χ1n) is 7.74. The first-order chi connectivity index (χ1) is 10.2. The third-order valence-corrected chi connectivity index (χ3v) is 3.99. The van der Waals surface area contributed by atoms with Crippen LogP contribution in [0.4, 0.5) is 4.39 Å². The normalized spacial score (nSPS) is 14.6. The van der Waals surface area contributed by atoms with Crippen molar-refractivity contribution >= 4 is 0 Å². The summed E-state index contributed by atoms with van der Waals surface area (Å²) in [6.45, 7) is 4.98. The van der Waals surface area contributed by atoms with Crippen molar-refractivity contribution < 1.29 is 4.39 Å². The van der Waals surface area contributed by atoms with E-state index in [0.717, 1.165) is 30.6 Å². The minimum atomic E-state index is -0.198. The molecule has 1 aromatic carbocycles. The number of benzene rings is 1. The highest BCUT2D eigenvalue weighted by Crippen LogP contribution is 2.23. The Morgan fingerprint density at radius 1 is 1.38 bits per heavy atom. The van der Waals surface area contributed by atoms with Gasteiger partial charge in [0.2, 0.25) is 0 Å². The van der Waals surface area contributed by atoms with Crippen LogP contribution < -0.4 is 5.32 Å². The Bertz CT molecular complexity index is 629. The highest BCUT2D eigenvalue weighted by atomic mass is 19.1. The second-order valence-corrected chi connectivity index (χ2v) is 5.86. The highest BCUT2D eigenvalue weighted by Gasteiger charge is 2.21. The second-order valence-electron chi connectivity index (χ2n) is 5.86. The molecule has 0 saturated heterocycles. The van der Waals surface area contributed by atoms with E-state index < -0.39 is 0 Å². The molecule has 0 radical (unpaired) electrons. The molecule has 21 heavy (non-hydrogen) atoms. The Hall–Kier alpha value is -1.68. The molecule has 0 spiro atoms. The van der Waals surface area contributed by atoms with Crippen LogP contribution in [0.15, 0.2) is 24.4 Å². The van der Waals surface area contributed by atoms with Gasteiger partial charge in [-0.1, -0.05) is 13.3 Å². The van der Waals surface area contributed by atoms with Crippen molar-refractivity contribution in [2.45, 2.75) is 52.1 Å². The molecule has 1 aromatic heterocycles. The van der Waals surface area contributed by atoms with Crippen LogP contribution in [-0.4, -0.2) is 15.8 Å². The maximum atomic E-state index is 13.3. The standard InChI is InChI=1S/C17H22FN3/c1-3-4-17-13(10-19-15-6-7-15)11-20-21(17)16-8-5-14(18)9-12(16)2/h5,8-9,11,15,19H,3-4,6-7,10H2,1-2H3. The van der Waals surface area contributed by atoms with E-state index in [1.54, 1.807) is 6.07 Å². The van der Waals surface area contributed by atoms with Crippen LogP contribution in [0.25, 0.3) is 5.69 Å². The average Bonchev–Trinajstić information content (AvgIpc) is 3.20. The molecule has 3 nitrogen and oxygen atoms in total. The van der Waals surface area contributed by atoms with Crippen LogP contribution in [0, 0.1) is 12.7 Å². The Kier molecular flexibility index (Phi) is 4.06. The molecule has 0 aliphatic heterocycles. The summed E-state index contributed by atoms with van der Waals surface area (Å²) in [6.07, 6.45) is 6.58. The third-order valence-electron chi connectivity index (χ3n) is 3.99. The zero-order valence-electron chi connectivity index (χ0n) is 12.7. The quantitative estimate of drug-likeness (QED) is 0.881. The lowest BCUT2D eigenvalue weighted by molar-refractivity contribution is 0.625. The van der Waals surface area contributed by atoms with Crippen molar-refractivity contribution in [1.29, 1.82) is 0 Å². The van der Waals surface area contributed by atoms with Crippen molar-refractivity contribution in [3.8, 4) is 5.69 Å². The average molecular weight is 287 g/mol. The van der Waals surface area contributed by atoms with Gasteiger partial charge in [-0.3, -0.25) is 0 Å². The van der Waals surface area contributed by atoms with Crippen molar-refractivity contribution in [3.63, 3.8) is 0 Å². The van der Waals surface area contributed by atoms with Gasteiger partial charge in [-0.15, -0.1) is 0 Å². The van der Waals surface area contributed by atoms with E-state index in [1.165, 1.54) is 30.2 Å². The third kappa shape index (κ3) is 3.16. The molecule has 0 unspecified atom stereocenters. The van der Waals surface area contributed by atoms with Gasteiger partial charge in [0.25, 0.3) is 0 Å². The van der Waals surface area contributed by atoms with Gasteiger partial charge in [-0.2, -0.15) is 5.10 Å². The fourth-order valence-electron chi connectivity index (χ4n) is 2.66. The summed E-state index contributed by atoms with van der Waals surface area (Å²) in [7, 11) is 0. The van der Waals surface area contributed by atoms with Crippen LogP contribution in [0.5, 0.6) is 0 Å². The lowest BCUT2D eigenvalue weighted by Gasteiger charge is -2.12. The number of aryl methyl sites for hydroxylation is 1. The van der Waals surface area contributed by atoms with Gasteiger partial charge in [-0.25, -0.2) is 9.07 Å². The largest absolute Gasteiger partial charge is 0.310 e. The SMILES string of the molecule is CCCc1c(CNC2CC2)cnn1-c1ccc(F)cc1C. The van der Waals surface area contributed by atoms with E-state index in [0.29, 0.717) is 6.04 Å². The Balaban J connectivity index is 1.92. The van der Waals surface area contributed by atoms with Gasteiger partial charge in [0.15, 0.2) is 0 Å². The summed E-state index contributed by atoms with van der Waals surface area (Å²) in [5.74, 6) is -0.198. The van der Waals surface area contributed by atoms with Crippen molar-refractivity contribution in [3.05, 3.63) is 47.0 Å². The molecule has 1 aliphatic carbocycles. The molecule has 0 amide bonds. The smallest absolute Gasteiger partial charge is 0.123 e. The summed E-state index contributed by atoms with van der Waals surface area (Å²) >= 11 is 0. The summed E-state index contributed by atoms with van der Waals surface area (Å²) in [5.41, 5.74) is 4.38. The Morgan fingerprint density at radius 3 is 2.86 bits per heavy atom. The molecule has 0 bridgehead atoms. The number of aromatic nitrogens is 2. The topological polar surface area (TPSA) is 29.9 Å². The minimum absolute atomic E-state index is 0.198. The summed E-state index contributed by atoms with van der Waals surface area (Å²) < 4.78 is 15.3. The molecule has 112 valence electrons. The van der Waals surface area contributed by atoms with E-state index in [2.05, 4.69) is 17.3 Å². The van der Waals surface area contributed by atoms with Crippen LogP contribution in [0.1, 0.15) is 43.0 Å². The Labute approximate surface area is 125 Å². The predicted molar refractivity (Wildman–Crippen MR) is 82.1 cm³/mol. The molecule has 1 fully saturated rings. The molecule has 3 rings (SSSR count). The summed E-state index contributed by atoms with van der Waals surface area (Å²) in [4.78, 5) is 0. The fourth-order valence-corrected chi connectivity index (χ4v) is 2.66. The minimum Gasteiger partial charge on any atom is -0.310 e. The predicted octanol–water partition coefficient (Wildman–Crippen LogP) is 3.52. The molecular weight excluding hydrogens is 265 g/mol. The first-order valence-corrected chi connectivity index (χ1v) is 7.74. The zero-order valence-corrected chi connectivity index (χ0v) is 12.7. The van der Waals surface area contributed by atoms with Crippen LogP contribution >= 0.6 is 0 Å². The number of rotatable bonds is 6. The molecule has 1 heterocycles. The van der Waals surface area contributed by atoms with E-state index in [-0.39, 0.29) is 5.82 Å². The molecule has 0 atom stereocenters. The maximum Gasteiger partial charge on any atom is 0.123 e. The molecule has 1 aliphatic rings. The molecule has 1 saturated carbocycles. The van der Waals surface area contributed by atoms with E-state index in [1.807, 2.05) is 23.9 Å². The molecule has 2 aromatic rings. The maximum absolute atomic E-state index is 13.3. The summed E-state index contributed by atoms with van der Waals surface area (Å²) in [6, 6.07) is 5.57. The van der Waals surface area contributed by atoms with Gasteiger partial charge in [0.05, 0.1) is 11.9 Å². The number of hydrogen-bond acceptors (Lipinski definition) is 2. The van der Waals surface area contributed by atoms with E-state index >= 15 is 0 Å². The monoisotopic (exact) mass is 287 g/mol. The second kappa shape index (κ2) is 5.98. The van der Waals surface area contributed by atoms with Crippen molar-refractivity contribution in [2.24, 2.45) is 0 Å². The van der Waals surface area contributed by atoms with Crippen LogP contribution in [0.3, 0.4) is 0 Å². The molecule has 4 heteroatoms. The fraction of sp³-hybridized carbons (Fsp3) is 0.471. The molecular formula is C17H22FN3.